The number of esters is 2. The van der Waals surface area contributed by atoms with Crippen molar-refractivity contribution in [3.63, 3.8) is 0 Å². The van der Waals surface area contributed by atoms with Crippen molar-refractivity contribution < 1.29 is 42.9 Å². The number of likely N-dealkylation sites (N-methyl/N-ethyl adjacent to an activating group) is 1. The van der Waals surface area contributed by atoms with Crippen LogP contribution in [0.3, 0.4) is 0 Å². The monoisotopic (exact) mass is 1000 g/mol. The average molecular weight is 1000 g/mol. The highest BCUT2D eigenvalue weighted by Gasteiger charge is 2.25. The zero-order valence-corrected chi connectivity index (χ0v) is 46.3. The number of rotatable bonds is 50. The van der Waals surface area contributed by atoms with E-state index in [0.717, 1.165) is 128 Å². The largest absolute Gasteiger partial charge is 0.477 e. The van der Waals surface area contributed by atoms with Crippen molar-refractivity contribution in [1.29, 1.82) is 0 Å². The average Bonchev–Trinajstić information content (AvgIpc) is 3.35. The Labute approximate surface area is 440 Å². The van der Waals surface area contributed by atoms with Crippen LogP contribution in [0.1, 0.15) is 200 Å². The predicted octanol–water partition coefficient (Wildman–Crippen LogP) is 16.5. The zero-order valence-electron chi connectivity index (χ0n) is 46.3. The molecule has 9 heteroatoms. The summed E-state index contributed by atoms with van der Waals surface area (Å²) in [6, 6.07) is 0. The van der Waals surface area contributed by atoms with Crippen LogP contribution in [0.15, 0.2) is 122 Å². The lowest BCUT2D eigenvalue weighted by atomic mass is 10.1. The van der Waals surface area contributed by atoms with Gasteiger partial charge in [-0.05, 0) is 109 Å². The van der Waals surface area contributed by atoms with Crippen LogP contribution >= 0.6 is 0 Å². The van der Waals surface area contributed by atoms with Gasteiger partial charge in [0.2, 0.25) is 0 Å². The summed E-state index contributed by atoms with van der Waals surface area (Å²) >= 11 is 0. The third kappa shape index (κ3) is 53.5. The van der Waals surface area contributed by atoms with E-state index in [-0.39, 0.29) is 38.6 Å². The molecule has 0 saturated carbocycles. The number of carbonyl (C=O) groups is 3. The summed E-state index contributed by atoms with van der Waals surface area (Å²) in [6.45, 7) is 4.69. The molecule has 0 aromatic heterocycles. The van der Waals surface area contributed by atoms with Gasteiger partial charge in [0, 0.05) is 12.8 Å². The number of hydrogen-bond donors (Lipinski definition) is 1. The van der Waals surface area contributed by atoms with Crippen LogP contribution in [-0.4, -0.2) is 87.4 Å². The van der Waals surface area contributed by atoms with E-state index in [4.69, 9.17) is 18.9 Å². The molecule has 0 spiro atoms. The van der Waals surface area contributed by atoms with Crippen molar-refractivity contribution in [3.05, 3.63) is 122 Å². The van der Waals surface area contributed by atoms with Gasteiger partial charge in [-0.3, -0.25) is 9.59 Å². The second-order valence-corrected chi connectivity index (χ2v) is 19.5. The van der Waals surface area contributed by atoms with Gasteiger partial charge in [-0.25, -0.2) is 4.79 Å². The van der Waals surface area contributed by atoms with Crippen LogP contribution < -0.4 is 0 Å². The number of nitrogens with zero attached hydrogens (tertiary/aromatic N) is 1. The second-order valence-electron chi connectivity index (χ2n) is 19.5. The number of quaternary nitrogens is 1. The van der Waals surface area contributed by atoms with E-state index in [9.17, 15) is 19.5 Å². The Morgan fingerprint density at radius 2 is 0.792 bits per heavy atom. The van der Waals surface area contributed by atoms with Crippen molar-refractivity contribution in [3.8, 4) is 0 Å². The van der Waals surface area contributed by atoms with E-state index >= 15 is 0 Å². The number of carboxylic acids is 1. The minimum Gasteiger partial charge on any atom is -0.477 e. The molecule has 2 unspecified atom stereocenters. The number of carbonyl (C=O) groups excluding carboxylic acids is 2. The van der Waals surface area contributed by atoms with Gasteiger partial charge < -0.3 is 28.5 Å². The maximum atomic E-state index is 12.8. The Kier molecular flexibility index (Phi) is 49.8. The smallest absolute Gasteiger partial charge is 0.361 e. The van der Waals surface area contributed by atoms with Crippen molar-refractivity contribution in [2.24, 2.45) is 0 Å². The first-order chi connectivity index (χ1) is 35.1. The summed E-state index contributed by atoms with van der Waals surface area (Å²) < 4.78 is 22.8. The minimum absolute atomic E-state index is 0.176. The van der Waals surface area contributed by atoms with Crippen LogP contribution in [0, 0.1) is 0 Å². The molecule has 2 atom stereocenters. The number of hydrogen-bond acceptors (Lipinski definition) is 7. The van der Waals surface area contributed by atoms with Crippen LogP contribution in [0.5, 0.6) is 0 Å². The molecule has 0 fully saturated rings. The first kappa shape index (κ1) is 67.7. The molecule has 1 N–H and O–H groups in total. The van der Waals surface area contributed by atoms with Gasteiger partial charge in [-0.2, -0.15) is 0 Å². The molecule has 0 amide bonds. The molecule has 72 heavy (non-hydrogen) atoms. The normalized spacial score (nSPS) is 13.7. The molecule has 0 radical (unpaired) electrons. The van der Waals surface area contributed by atoms with Crippen LogP contribution in [0.4, 0.5) is 0 Å². The first-order valence-electron chi connectivity index (χ1n) is 28.2. The van der Waals surface area contributed by atoms with Gasteiger partial charge in [0.05, 0.1) is 34.4 Å². The fourth-order valence-electron chi connectivity index (χ4n) is 7.12. The van der Waals surface area contributed by atoms with Crippen molar-refractivity contribution >= 4 is 17.9 Å². The van der Waals surface area contributed by atoms with Crippen molar-refractivity contribution in [1.82, 2.24) is 0 Å². The highest BCUT2D eigenvalue weighted by Crippen LogP contribution is 2.13. The molecule has 0 aromatic carbocycles. The summed E-state index contributed by atoms with van der Waals surface area (Å²) in [5.41, 5.74) is 0. The van der Waals surface area contributed by atoms with E-state index in [1.54, 1.807) is 0 Å². The quantitative estimate of drug-likeness (QED) is 0.0211. The fraction of sp³-hybridized carbons (Fsp3) is 0.635. The maximum absolute atomic E-state index is 12.8. The Morgan fingerprint density at radius 3 is 1.19 bits per heavy atom. The molecule has 0 aliphatic rings. The van der Waals surface area contributed by atoms with E-state index in [1.807, 2.05) is 21.1 Å². The Bertz CT molecular complexity index is 1590. The minimum atomic E-state index is -1.52. The lowest BCUT2D eigenvalue weighted by molar-refractivity contribution is -0.870. The molecule has 9 nitrogen and oxygen atoms in total. The number of aliphatic carboxylic acids is 1. The second kappa shape index (κ2) is 53.0. The standard InChI is InChI=1S/C63H103NO8/c1-6-8-10-12-14-16-18-20-22-23-24-25-26-27-28-29-30-31-32-33-34-35-36-37-38-39-40-42-44-46-48-50-52-54-61(66)72-59(58-71-63(62(67)68)69-56-55-64(3,4)5)57-70-60(65)53-51-49-47-45-43-41-21-19-17-15-13-11-9-7-2/h8,10,14,16,19-22,24-25,27-28,30-31,33-34,36-37,39-40,59,63H,6-7,9,11-13,15,17-18,23,26,29,32,35,38,41-58H2,1-5H3/p+1/b10-8-,16-14-,21-19-,22-20-,25-24-,28-27-,31-30-,34-33-,37-36-,40-39-. The summed E-state index contributed by atoms with van der Waals surface area (Å²) in [4.78, 5) is 37.3. The topological polar surface area (TPSA) is 108 Å². The Morgan fingerprint density at radius 1 is 0.431 bits per heavy atom. The summed E-state index contributed by atoms with van der Waals surface area (Å²) in [5, 5.41) is 9.68. The van der Waals surface area contributed by atoms with Crippen molar-refractivity contribution in [2.45, 2.75) is 212 Å². The molecular weight excluding hydrogens is 899 g/mol. The third-order valence-electron chi connectivity index (χ3n) is 11.5. The van der Waals surface area contributed by atoms with Gasteiger partial charge in [0.1, 0.15) is 13.2 Å². The Hall–Kier alpha value is -4.31. The molecule has 408 valence electrons. The highest BCUT2D eigenvalue weighted by molar-refractivity contribution is 5.71. The maximum Gasteiger partial charge on any atom is 0.361 e. The molecule has 0 heterocycles. The first-order valence-corrected chi connectivity index (χ1v) is 28.2. The molecule has 0 bridgehead atoms. The highest BCUT2D eigenvalue weighted by atomic mass is 16.7. The third-order valence-corrected chi connectivity index (χ3v) is 11.5. The van der Waals surface area contributed by atoms with Crippen molar-refractivity contribution in [2.75, 3.05) is 47.5 Å². The van der Waals surface area contributed by atoms with E-state index in [2.05, 4.69) is 135 Å². The molecule has 0 rings (SSSR count). The van der Waals surface area contributed by atoms with Gasteiger partial charge in [0.25, 0.3) is 6.29 Å². The molecule has 0 aromatic rings. The van der Waals surface area contributed by atoms with E-state index in [1.165, 1.54) is 38.5 Å². The summed E-state index contributed by atoms with van der Waals surface area (Å²) in [6.07, 6.45) is 71.3. The fourth-order valence-corrected chi connectivity index (χ4v) is 7.12. The lowest BCUT2D eigenvalue weighted by Crippen LogP contribution is -2.40. The molecule has 0 aliphatic carbocycles. The summed E-state index contributed by atoms with van der Waals surface area (Å²) in [7, 11) is 5.94. The predicted molar refractivity (Wildman–Crippen MR) is 304 cm³/mol. The zero-order chi connectivity index (χ0) is 52.7. The molecule has 0 aliphatic heterocycles. The van der Waals surface area contributed by atoms with Gasteiger partial charge in [0.15, 0.2) is 6.10 Å². The van der Waals surface area contributed by atoms with Gasteiger partial charge in [-0.1, -0.05) is 200 Å². The van der Waals surface area contributed by atoms with Crippen LogP contribution in [-0.2, 0) is 33.3 Å². The lowest BCUT2D eigenvalue weighted by Gasteiger charge is -2.25. The van der Waals surface area contributed by atoms with E-state index < -0.39 is 24.3 Å². The number of allylic oxidation sites excluding steroid dienone is 20. The van der Waals surface area contributed by atoms with E-state index in [0.29, 0.717) is 17.4 Å². The number of carboxylic acid groups (broad SMARTS) is 1. The molecular formula is C63H104NO8+. The Balaban J connectivity index is 4.31. The number of unbranched alkanes of at least 4 members (excludes halogenated alkanes) is 15. The van der Waals surface area contributed by atoms with Crippen LogP contribution in [0.25, 0.3) is 0 Å². The molecule has 0 saturated heterocycles. The SMILES string of the molecule is CC/C=C\C/C=C\C/C=C\C/C=C\C/C=C\C/C=C\C/C=C\C/C=C\C/C=C\CCCCCCCC(=O)OC(COC(=O)CCCCCCC/C=C\CCCCCCC)COC(OCC[N+](C)(C)C)C(=O)O. The number of ether oxygens (including phenoxy) is 4. The van der Waals surface area contributed by atoms with Crippen LogP contribution in [0.2, 0.25) is 0 Å². The van der Waals surface area contributed by atoms with Gasteiger partial charge >= 0.3 is 17.9 Å². The van der Waals surface area contributed by atoms with Gasteiger partial charge in [-0.15, -0.1) is 0 Å². The summed E-state index contributed by atoms with van der Waals surface area (Å²) in [5.74, 6) is -2.06.